The molecule has 5 aromatic rings. The SMILES string of the molecule is O=c1c2ccccc2nc(-c2cccc(C(F)(F)F)c2)n1N=Cc1cc(Br)ccc1OCc1cccc([N+](=O)[O-])c1. The van der Waals surface area contributed by atoms with Gasteiger partial charge in [0.15, 0.2) is 5.82 Å². The van der Waals surface area contributed by atoms with Gasteiger partial charge in [0.05, 0.1) is 27.6 Å². The van der Waals surface area contributed by atoms with Crippen molar-refractivity contribution >= 4 is 38.7 Å². The van der Waals surface area contributed by atoms with E-state index in [2.05, 4.69) is 26.0 Å². The third-order valence-electron chi connectivity index (χ3n) is 6.00. The number of benzene rings is 4. The summed E-state index contributed by atoms with van der Waals surface area (Å²) < 4.78 is 47.9. The third kappa shape index (κ3) is 6.17. The lowest BCUT2D eigenvalue weighted by Crippen LogP contribution is -2.20. The molecule has 1 aromatic heterocycles. The van der Waals surface area contributed by atoms with Gasteiger partial charge < -0.3 is 4.74 Å². The molecule has 5 rings (SSSR count). The molecule has 0 aliphatic rings. The number of aromatic nitrogens is 2. The maximum atomic E-state index is 13.5. The predicted octanol–water partition coefficient (Wildman–Crippen LogP) is 7.21. The number of hydrogen-bond donors (Lipinski definition) is 0. The standard InChI is InChI=1S/C29H18BrF3N4O4/c30-22-11-12-26(41-17-18-5-3-8-23(13-18)37(39)40)20(15-22)16-34-36-27(19-6-4-7-21(14-19)29(31,32)33)35-25-10-2-1-9-24(25)28(36)38/h1-16H,17H2. The van der Waals surface area contributed by atoms with Crippen LogP contribution >= 0.6 is 15.9 Å². The average molecular weight is 623 g/mol. The summed E-state index contributed by atoms with van der Waals surface area (Å²) >= 11 is 3.39. The lowest BCUT2D eigenvalue weighted by molar-refractivity contribution is -0.384. The van der Waals surface area contributed by atoms with E-state index in [-0.39, 0.29) is 29.1 Å². The van der Waals surface area contributed by atoms with Crippen molar-refractivity contribution < 1.29 is 22.8 Å². The van der Waals surface area contributed by atoms with Crippen LogP contribution in [0.25, 0.3) is 22.3 Å². The van der Waals surface area contributed by atoms with Gasteiger partial charge in [0.25, 0.3) is 11.2 Å². The fourth-order valence-corrected chi connectivity index (χ4v) is 4.42. The van der Waals surface area contributed by atoms with Gasteiger partial charge in [-0.15, -0.1) is 0 Å². The van der Waals surface area contributed by atoms with E-state index in [0.29, 0.717) is 26.9 Å². The number of ether oxygens (including phenoxy) is 1. The summed E-state index contributed by atoms with van der Waals surface area (Å²) in [6.45, 7) is 0.0110. The molecule has 41 heavy (non-hydrogen) atoms. The van der Waals surface area contributed by atoms with E-state index in [1.807, 2.05) is 0 Å². The molecule has 0 saturated heterocycles. The first kappa shape index (κ1) is 27.7. The Morgan fingerprint density at radius 3 is 2.56 bits per heavy atom. The minimum atomic E-state index is -4.59. The Kier molecular flexibility index (Phi) is 7.66. The summed E-state index contributed by atoms with van der Waals surface area (Å²) in [5.41, 5.74) is -0.193. The van der Waals surface area contributed by atoms with Gasteiger partial charge in [0.2, 0.25) is 0 Å². The van der Waals surface area contributed by atoms with E-state index in [1.54, 1.807) is 54.6 Å². The molecule has 0 aliphatic heterocycles. The molecule has 0 saturated carbocycles. The summed E-state index contributed by atoms with van der Waals surface area (Å²) in [5.74, 6) is 0.274. The van der Waals surface area contributed by atoms with Gasteiger partial charge in [0.1, 0.15) is 12.4 Å². The van der Waals surface area contributed by atoms with E-state index in [9.17, 15) is 28.1 Å². The topological polar surface area (TPSA) is 99.6 Å². The second kappa shape index (κ2) is 11.3. The first-order valence-corrected chi connectivity index (χ1v) is 12.8. The van der Waals surface area contributed by atoms with Gasteiger partial charge in [-0.2, -0.15) is 22.9 Å². The fraction of sp³-hybridized carbons (Fsp3) is 0.0690. The number of nitro groups is 1. The predicted molar refractivity (Wildman–Crippen MR) is 151 cm³/mol. The van der Waals surface area contributed by atoms with Crippen LogP contribution in [-0.4, -0.2) is 20.8 Å². The molecule has 0 N–H and O–H groups in total. The summed E-state index contributed by atoms with van der Waals surface area (Å²) in [4.78, 5) is 28.5. The minimum absolute atomic E-state index is 0.0110. The zero-order chi connectivity index (χ0) is 29.1. The Morgan fingerprint density at radius 1 is 1.00 bits per heavy atom. The van der Waals surface area contributed by atoms with Crippen LogP contribution in [0.2, 0.25) is 0 Å². The van der Waals surface area contributed by atoms with E-state index in [4.69, 9.17) is 4.74 Å². The van der Waals surface area contributed by atoms with Gasteiger partial charge in [-0.25, -0.2) is 4.98 Å². The minimum Gasteiger partial charge on any atom is -0.488 e. The monoisotopic (exact) mass is 622 g/mol. The molecule has 0 amide bonds. The van der Waals surface area contributed by atoms with Gasteiger partial charge in [-0.05, 0) is 48.0 Å². The molecule has 8 nitrogen and oxygen atoms in total. The van der Waals surface area contributed by atoms with Crippen LogP contribution in [0, 0.1) is 10.1 Å². The Labute approximate surface area is 238 Å². The number of rotatable bonds is 7. The van der Waals surface area contributed by atoms with E-state index < -0.39 is 22.2 Å². The number of fused-ring (bicyclic) bond motifs is 1. The number of hydrogen-bond acceptors (Lipinski definition) is 6. The Morgan fingerprint density at radius 2 is 1.78 bits per heavy atom. The molecular weight excluding hydrogens is 605 g/mol. The zero-order valence-corrected chi connectivity index (χ0v) is 22.5. The van der Waals surface area contributed by atoms with Crippen LogP contribution in [0.15, 0.2) is 105 Å². The van der Waals surface area contributed by atoms with Crippen molar-refractivity contribution in [2.45, 2.75) is 12.8 Å². The summed E-state index contributed by atoms with van der Waals surface area (Å²) in [5, 5.41) is 15.7. The highest BCUT2D eigenvalue weighted by molar-refractivity contribution is 9.10. The van der Waals surface area contributed by atoms with Crippen LogP contribution < -0.4 is 10.3 Å². The Bertz CT molecular complexity index is 1870. The molecule has 12 heteroatoms. The third-order valence-corrected chi connectivity index (χ3v) is 6.49. The van der Waals surface area contributed by atoms with Crippen LogP contribution in [0.4, 0.5) is 18.9 Å². The largest absolute Gasteiger partial charge is 0.488 e. The quantitative estimate of drug-likeness (QED) is 0.108. The van der Waals surface area contributed by atoms with Crippen LogP contribution in [-0.2, 0) is 12.8 Å². The first-order valence-electron chi connectivity index (χ1n) is 12.0. The van der Waals surface area contributed by atoms with Crippen LogP contribution in [0.5, 0.6) is 5.75 Å². The normalized spacial score (nSPS) is 11.7. The van der Waals surface area contributed by atoms with E-state index in [0.717, 1.165) is 16.8 Å². The number of nitrogens with zero attached hydrogens (tertiary/aromatic N) is 4. The number of nitro benzene ring substituents is 1. The van der Waals surface area contributed by atoms with Gasteiger partial charge >= 0.3 is 6.18 Å². The molecule has 1 heterocycles. The van der Waals surface area contributed by atoms with Gasteiger partial charge in [-0.3, -0.25) is 14.9 Å². The van der Waals surface area contributed by atoms with Crippen molar-refractivity contribution in [3.05, 3.63) is 133 Å². The fourth-order valence-electron chi connectivity index (χ4n) is 4.04. The number of alkyl halides is 3. The molecular formula is C29H18BrF3N4O4. The first-order chi connectivity index (χ1) is 19.6. The summed E-state index contributed by atoms with van der Waals surface area (Å²) in [6.07, 6.45) is -3.26. The molecule has 0 fully saturated rings. The van der Waals surface area contributed by atoms with Crippen LogP contribution in [0.1, 0.15) is 16.7 Å². The number of halogens is 4. The Hall–Kier alpha value is -4.84. The smallest absolute Gasteiger partial charge is 0.416 e. The lowest BCUT2D eigenvalue weighted by Gasteiger charge is -2.13. The highest BCUT2D eigenvalue weighted by Gasteiger charge is 2.31. The van der Waals surface area contributed by atoms with Crippen molar-refractivity contribution in [3.63, 3.8) is 0 Å². The maximum absolute atomic E-state index is 13.5. The van der Waals surface area contributed by atoms with E-state index >= 15 is 0 Å². The lowest BCUT2D eigenvalue weighted by atomic mass is 10.1. The van der Waals surface area contributed by atoms with Crippen molar-refractivity contribution in [1.82, 2.24) is 9.66 Å². The van der Waals surface area contributed by atoms with Crippen molar-refractivity contribution in [3.8, 4) is 17.1 Å². The highest BCUT2D eigenvalue weighted by atomic mass is 79.9. The number of non-ortho nitro benzene ring substituents is 1. The number of para-hydroxylation sites is 1. The molecule has 4 aromatic carbocycles. The second-order valence-electron chi connectivity index (χ2n) is 8.79. The van der Waals surface area contributed by atoms with E-state index in [1.165, 1.54) is 30.5 Å². The molecule has 0 bridgehead atoms. The van der Waals surface area contributed by atoms with Crippen molar-refractivity contribution in [2.75, 3.05) is 0 Å². The van der Waals surface area contributed by atoms with Gasteiger partial charge in [0, 0.05) is 27.7 Å². The average Bonchev–Trinajstić information content (AvgIpc) is 2.96. The molecule has 0 aliphatic carbocycles. The summed E-state index contributed by atoms with van der Waals surface area (Å²) in [6, 6.07) is 22.0. The molecule has 0 radical (unpaired) electrons. The van der Waals surface area contributed by atoms with Crippen LogP contribution in [0.3, 0.4) is 0 Å². The van der Waals surface area contributed by atoms with Crippen molar-refractivity contribution in [1.29, 1.82) is 0 Å². The molecule has 0 unspecified atom stereocenters. The van der Waals surface area contributed by atoms with Crippen molar-refractivity contribution in [2.24, 2.45) is 5.10 Å². The maximum Gasteiger partial charge on any atom is 0.416 e. The zero-order valence-electron chi connectivity index (χ0n) is 20.9. The highest BCUT2D eigenvalue weighted by Crippen LogP contribution is 2.32. The molecule has 206 valence electrons. The molecule has 0 spiro atoms. The Balaban J connectivity index is 1.57. The second-order valence-corrected chi connectivity index (χ2v) is 9.71. The summed E-state index contributed by atoms with van der Waals surface area (Å²) in [7, 11) is 0. The van der Waals surface area contributed by atoms with Gasteiger partial charge in [-0.1, -0.05) is 52.3 Å². The molecule has 0 atom stereocenters.